The van der Waals surface area contributed by atoms with E-state index in [0.29, 0.717) is 0 Å². The lowest BCUT2D eigenvalue weighted by molar-refractivity contribution is -0.385. The molecule has 0 aliphatic carbocycles. The van der Waals surface area contributed by atoms with Crippen molar-refractivity contribution in [2.45, 2.75) is 6.10 Å². The summed E-state index contributed by atoms with van der Waals surface area (Å²) in [6.07, 6.45) is -1.49. The zero-order valence-corrected chi connectivity index (χ0v) is 13.9. The van der Waals surface area contributed by atoms with Gasteiger partial charge in [0.2, 0.25) is 0 Å². The summed E-state index contributed by atoms with van der Waals surface area (Å²) in [5.74, 6) is 0.134. The number of aliphatic hydroxyl groups excluding tert-OH is 1. The van der Waals surface area contributed by atoms with E-state index in [1.165, 1.54) is 19.2 Å². The summed E-state index contributed by atoms with van der Waals surface area (Å²) >= 11 is 23.4. The summed E-state index contributed by atoms with van der Waals surface area (Å²) in [5, 5.41) is 21.5. The molecule has 0 saturated heterocycles. The van der Waals surface area contributed by atoms with Crippen molar-refractivity contribution in [1.82, 2.24) is 4.98 Å². The van der Waals surface area contributed by atoms with Crippen LogP contribution in [0, 0.1) is 10.1 Å². The van der Waals surface area contributed by atoms with Crippen LogP contribution < -0.4 is 4.74 Å². The Labute approximate surface area is 144 Å². The molecule has 118 valence electrons. The quantitative estimate of drug-likeness (QED) is 0.593. The van der Waals surface area contributed by atoms with E-state index in [1.54, 1.807) is 0 Å². The number of methoxy groups -OCH3 is 1. The fourth-order valence-electron chi connectivity index (χ4n) is 1.99. The highest BCUT2D eigenvalue weighted by Crippen LogP contribution is 2.43. The zero-order chi connectivity index (χ0) is 16.6. The van der Waals surface area contributed by atoms with Crippen LogP contribution >= 0.6 is 46.4 Å². The van der Waals surface area contributed by atoms with Gasteiger partial charge >= 0.3 is 5.69 Å². The van der Waals surface area contributed by atoms with E-state index < -0.39 is 16.7 Å². The van der Waals surface area contributed by atoms with Crippen molar-refractivity contribution in [1.29, 1.82) is 0 Å². The smallest absolute Gasteiger partial charge is 0.313 e. The van der Waals surface area contributed by atoms with E-state index in [4.69, 9.17) is 51.1 Å². The van der Waals surface area contributed by atoms with E-state index in [9.17, 15) is 15.2 Å². The summed E-state index contributed by atoms with van der Waals surface area (Å²) in [5.41, 5.74) is -0.591. The number of rotatable bonds is 4. The third-order valence-corrected chi connectivity index (χ3v) is 4.14. The normalized spacial score (nSPS) is 12.3. The Kier molecular flexibility index (Phi) is 5.09. The number of hydrogen-bond acceptors (Lipinski definition) is 4. The number of aliphatic hydroxyl groups is 1. The van der Waals surface area contributed by atoms with Gasteiger partial charge in [0.25, 0.3) is 0 Å². The van der Waals surface area contributed by atoms with Gasteiger partial charge in [-0.1, -0.05) is 46.4 Å². The lowest BCUT2D eigenvalue weighted by Gasteiger charge is -2.15. The Morgan fingerprint density at radius 2 is 1.95 bits per heavy atom. The largest absolute Gasteiger partial charge is 0.495 e. The van der Waals surface area contributed by atoms with E-state index in [0.717, 1.165) is 0 Å². The second kappa shape index (κ2) is 6.52. The predicted octanol–water partition coefficient (Wildman–Crippen LogP) is 4.63. The number of H-pyrrole nitrogens is 1. The summed E-state index contributed by atoms with van der Waals surface area (Å²) < 4.78 is 5.11. The molecule has 0 bridgehead atoms. The molecule has 0 amide bonds. The minimum atomic E-state index is -1.49. The molecule has 0 unspecified atom stereocenters. The van der Waals surface area contributed by atoms with E-state index in [2.05, 4.69) is 4.98 Å². The van der Waals surface area contributed by atoms with Gasteiger partial charge in [-0.3, -0.25) is 10.1 Å². The lowest BCUT2D eigenvalue weighted by atomic mass is 10.0. The molecule has 2 N–H and O–H groups in total. The van der Waals surface area contributed by atoms with Crippen LogP contribution in [0.25, 0.3) is 0 Å². The summed E-state index contributed by atoms with van der Waals surface area (Å²) in [4.78, 5) is 12.9. The number of ether oxygens (including phenoxy) is 1. The van der Waals surface area contributed by atoms with Gasteiger partial charge in [-0.25, -0.2) is 0 Å². The van der Waals surface area contributed by atoms with Gasteiger partial charge in [0, 0.05) is 10.6 Å². The molecule has 1 aromatic carbocycles. The molecular weight excluding hydrogens is 378 g/mol. The Hall–Kier alpha value is -1.18. The number of aromatic nitrogens is 1. The molecule has 10 heteroatoms. The van der Waals surface area contributed by atoms with Crippen LogP contribution in [-0.2, 0) is 0 Å². The topological polar surface area (TPSA) is 88.4 Å². The van der Waals surface area contributed by atoms with E-state index in [1.807, 2.05) is 0 Å². The molecule has 0 aliphatic rings. The fraction of sp³-hybridized carbons (Fsp3) is 0.167. The van der Waals surface area contributed by atoms with Gasteiger partial charge in [-0.2, -0.15) is 0 Å². The van der Waals surface area contributed by atoms with Crippen molar-refractivity contribution in [3.8, 4) is 5.75 Å². The molecule has 0 saturated carbocycles. The molecule has 0 aliphatic heterocycles. The predicted molar refractivity (Wildman–Crippen MR) is 84.5 cm³/mol. The Morgan fingerprint density at radius 1 is 1.32 bits per heavy atom. The highest BCUT2D eigenvalue weighted by atomic mass is 35.5. The van der Waals surface area contributed by atoms with Crippen molar-refractivity contribution in [3.63, 3.8) is 0 Å². The SMILES string of the molecule is COc1c(Cl)cc(Cl)cc1[C@@H](O)c1[nH]c(Cl)c(Cl)c1[N+](=O)[O-]. The van der Waals surface area contributed by atoms with E-state index in [-0.39, 0.29) is 37.2 Å². The van der Waals surface area contributed by atoms with Gasteiger partial charge in [0.05, 0.1) is 17.1 Å². The van der Waals surface area contributed by atoms with Crippen molar-refractivity contribution in [3.05, 3.63) is 53.7 Å². The minimum Gasteiger partial charge on any atom is -0.495 e. The molecule has 0 spiro atoms. The Morgan fingerprint density at radius 3 is 2.50 bits per heavy atom. The lowest BCUT2D eigenvalue weighted by Crippen LogP contribution is -2.06. The van der Waals surface area contributed by atoms with Crippen LogP contribution in [0.1, 0.15) is 17.4 Å². The van der Waals surface area contributed by atoms with Crippen LogP contribution in [0.4, 0.5) is 5.69 Å². The van der Waals surface area contributed by atoms with Crippen molar-refractivity contribution < 1.29 is 14.8 Å². The molecule has 1 heterocycles. The molecule has 6 nitrogen and oxygen atoms in total. The molecule has 0 fully saturated rings. The molecule has 1 atom stereocenters. The number of hydrogen-bond donors (Lipinski definition) is 2. The second-order valence-corrected chi connectivity index (χ2v) is 5.78. The standard InChI is InChI=1S/C12H8Cl4N2O4/c1-22-11-5(2-4(13)3-6(11)14)10(19)8-9(18(20)21)7(15)12(16)17-8/h2-3,10,17,19H,1H3/t10-/m1/s1. The van der Waals surface area contributed by atoms with Crippen molar-refractivity contribution in [2.75, 3.05) is 7.11 Å². The first kappa shape index (κ1) is 17.2. The van der Waals surface area contributed by atoms with Crippen molar-refractivity contribution >= 4 is 52.1 Å². The molecule has 1 aromatic heterocycles. The van der Waals surface area contributed by atoms with Gasteiger partial charge in [-0.05, 0) is 12.1 Å². The first-order valence-corrected chi connectivity index (χ1v) is 7.21. The first-order valence-electron chi connectivity index (χ1n) is 5.70. The van der Waals surface area contributed by atoms with Gasteiger partial charge in [0.1, 0.15) is 22.7 Å². The number of aromatic amines is 1. The van der Waals surface area contributed by atoms with Gasteiger partial charge < -0.3 is 14.8 Å². The first-order chi connectivity index (χ1) is 10.3. The average Bonchev–Trinajstić information content (AvgIpc) is 2.73. The van der Waals surface area contributed by atoms with Crippen LogP contribution in [0.5, 0.6) is 5.75 Å². The third kappa shape index (κ3) is 2.98. The summed E-state index contributed by atoms with van der Waals surface area (Å²) in [7, 11) is 1.34. The molecule has 0 radical (unpaired) electrons. The minimum absolute atomic E-state index is 0.134. The molecule has 22 heavy (non-hydrogen) atoms. The maximum absolute atomic E-state index is 11.1. The number of halogens is 4. The monoisotopic (exact) mass is 384 g/mol. The van der Waals surface area contributed by atoms with Crippen LogP contribution in [0.15, 0.2) is 12.1 Å². The van der Waals surface area contributed by atoms with Crippen LogP contribution in [-0.4, -0.2) is 22.1 Å². The number of nitro groups is 1. The number of benzene rings is 1. The molecule has 2 aromatic rings. The summed E-state index contributed by atoms with van der Waals surface area (Å²) in [6, 6.07) is 2.80. The number of nitrogens with zero attached hydrogens (tertiary/aromatic N) is 1. The third-order valence-electron chi connectivity index (χ3n) is 2.89. The Balaban J connectivity index is 2.66. The Bertz CT molecular complexity index is 747. The van der Waals surface area contributed by atoms with Gasteiger partial charge in [-0.15, -0.1) is 0 Å². The molecular formula is C12H8Cl4N2O4. The van der Waals surface area contributed by atoms with Gasteiger partial charge in [0.15, 0.2) is 5.02 Å². The maximum Gasteiger partial charge on any atom is 0.313 e. The highest BCUT2D eigenvalue weighted by Gasteiger charge is 2.32. The molecule has 2 rings (SSSR count). The highest BCUT2D eigenvalue weighted by molar-refractivity contribution is 6.43. The number of nitrogens with one attached hydrogen (secondary N) is 1. The fourth-order valence-corrected chi connectivity index (χ4v) is 2.98. The van der Waals surface area contributed by atoms with Crippen LogP contribution in [0.3, 0.4) is 0 Å². The van der Waals surface area contributed by atoms with E-state index >= 15 is 0 Å². The van der Waals surface area contributed by atoms with Crippen molar-refractivity contribution in [2.24, 2.45) is 0 Å². The maximum atomic E-state index is 11.1. The van der Waals surface area contributed by atoms with Crippen LogP contribution in [0.2, 0.25) is 20.2 Å². The summed E-state index contributed by atoms with van der Waals surface area (Å²) in [6.45, 7) is 0. The zero-order valence-electron chi connectivity index (χ0n) is 10.9. The average molecular weight is 386 g/mol. The second-order valence-electron chi connectivity index (χ2n) is 4.18.